The van der Waals surface area contributed by atoms with E-state index < -0.39 is 0 Å². The molecule has 1 atom stereocenters. The third-order valence-electron chi connectivity index (χ3n) is 4.75. The summed E-state index contributed by atoms with van der Waals surface area (Å²) in [5.74, 6) is 2.59. The summed E-state index contributed by atoms with van der Waals surface area (Å²) in [5.41, 5.74) is 2.19. The van der Waals surface area contributed by atoms with Crippen LogP contribution in [0.15, 0.2) is 48.5 Å². The lowest BCUT2D eigenvalue weighted by molar-refractivity contribution is 0.102. The minimum Gasteiger partial charge on any atom is -0.493 e. The molecule has 5 heteroatoms. The molecule has 26 heavy (non-hydrogen) atoms. The molecule has 1 aromatic heterocycles. The van der Waals surface area contributed by atoms with Gasteiger partial charge >= 0.3 is 0 Å². The highest BCUT2D eigenvalue weighted by Crippen LogP contribution is 2.31. The molecule has 0 amide bonds. The third-order valence-corrected chi connectivity index (χ3v) is 4.75. The molecule has 0 saturated carbocycles. The number of methoxy groups -OCH3 is 1. The Morgan fingerprint density at radius 2 is 1.92 bits per heavy atom. The number of hydrogen-bond acceptors (Lipinski definition) is 4. The lowest BCUT2D eigenvalue weighted by Crippen LogP contribution is -2.11. The van der Waals surface area contributed by atoms with Gasteiger partial charge in [-0.15, -0.1) is 0 Å². The van der Waals surface area contributed by atoms with Crippen LogP contribution in [0.1, 0.15) is 31.2 Å². The fraction of sp³-hybridized carbons (Fsp3) is 0.381. The molecule has 4 rings (SSSR count). The molecule has 0 bridgehead atoms. The van der Waals surface area contributed by atoms with Gasteiger partial charge in [-0.2, -0.15) is 0 Å². The number of para-hydroxylation sites is 4. The molecule has 0 spiro atoms. The van der Waals surface area contributed by atoms with Crippen LogP contribution < -0.4 is 9.47 Å². The van der Waals surface area contributed by atoms with Crippen LogP contribution in [-0.4, -0.2) is 29.9 Å². The maximum atomic E-state index is 5.91. The number of benzene rings is 2. The Balaban J connectivity index is 1.47. The summed E-state index contributed by atoms with van der Waals surface area (Å²) in [6.45, 7) is 2.30. The van der Waals surface area contributed by atoms with Crippen molar-refractivity contribution in [2.24, 2.45) is 0 Å². The standard InChI is InChI=1S/C21H24N2O3/c1-24-18-10-4-5-11-19(18)25-15-7-13-23-17-9-3-2-8-16(17)22-21(23)20-12-6-14-26-20/h2-5,8-11,20H,6-7,12-15H2,1H3. The smallest absolute Gasteiger partial charge is 0.161 e. The van der Waals surface area contributed by atoms with Gasteiger partial charge in [-0.1, -0.05) is 24.3 Å². The maximum absolute atomic E-state index is 5.91. The van der Waals surface area contributed by atoms with Crippen molar-refractivity contribution in [2.75, 3.05) is 20.3 Å². The third kappa shape index (κ3) is 3.40. The quantitative estimate of drug-likeness (QED) is 0.593. The lowest BCUT2D eigenvalue weighted by Gasteiger charge is -2.14. The summed E-state index contributed by atoms with van der Waals surface area (Å²) < 4.78 is 19.4. The zero-order valence-electron chi connectivity index (χ0n) is 15.1. The number of hydrogen-bond donors (Lipinski definition) is 0. The number of aromatic nitrogens is 2. The van der Waals surface area contributed by atoms with Crippen LogP contribution in [0.5, 0.6) is 11.5 Å². The highest BCUT2D eigenvalue weighted by Gasteiger charge is 2.24. The van der Waals surface area contributed by atoms with E-state index in [2.05, 4.69) is 22.8 Å². The molecule has 1 aliphatic rings. The van der Waals surface area contributed by atoms with E-state index in [0.717, 1.165) is 60.8 Å². The second kappa shape index (κ2) is 7.79. The molecule has 5 nitrogen and oxygen atoms in total. The first-order chi connectivity index (χ1) is 12.9. The molecule has 3 aromatic rings. The minimum atomic E-state index is 0.109. The van der Waals surface area contributed by atoms with Crippen LogP contribution in [0.25, 0.3) is 11.0 Å². The van der Waals surface area contributed by atoms with Crippen LogP contribution in [0.3, 0.4) is 0 Å². The Kier molecular flexibility index (Phi) is 5.07. The van der Waals surface area contributed by atoms with Crippen molar-refractivity contribution in [1.82, 2.24) is 9.55 Å². The molecule has 2 heterocycles. The molecule has 1 aliphatic heterocycles. The van der Waals surface area contributed by atoms with Gasteiger partial charge in [0.2, 0.25) is 0 Å². The first-order valence-electron chi connectivity index (χ1n) is 9.19. The largest absolute Gasteiger partial charge is 0.493 e. The number of ether oxygens (including phenoxy) is 3. The first-order valence-corrected chi connectivity index (χ1v) is 9.19. The molecule has 1 fully saturated rings. The Morgan fingerprint density at radius 3 is 2.73 bits per heavy atom. The summed E-state index contributed by atoms with van der Waals surface area (Å²) in [7, 11) is 1.66. The number of imidazole rings is 1. The van der Waals surface area contributed by atoms with Gasteiger partial charge in [0, 0.05) is 13.2 Å². The average molecular weight is 352 g/mol. The van der Waals surface area contributed by atoms with Gasteiger partial charge in [0.05, 0.1) is 24.8 Å². The van der Waals surface area contributed by atoms with Gasteiger partial charge in [0.1, 0.15) is 11.9 Å². The average Bonchev–Trinajstić information content (AvgIpc) is 3.33. The van der Waals surface area contributed by atoms with E-state index in [1.54, 1.807) is 7.11 Å². The van der Waals surface area contributed by atoms with Crippen molar-refractivity contribution in [1.29, 1.82) is 0 Å². The first kappa shape index (κ1) is 16.9. The fourth-order valence-electron chi connectivity index (χ4n) is 3.50. The summed E-state index contributed by atoms with van der Waals surface area (Å²) in [6.07, 6.45) is 3.14. The van der Waals surface area contributed by atoms with Crippen molar-refractivity contribution < 1.29 is 14.2 Å². The Labute approximate surface area is 153 Å². The fourth-order valence-corrected chi connectivity index (χ4v) is 3.50. The van der Waals surface area contributed by atoms with Crippen molar-refractivity contribution in [2.45, 2.75) is 31.9 Å². The topological polar surface area (TPSA) is 45.5 Å². The Bertz CT molecular complexity index is 869. The number of rotatable bonds is 7. The van der Waals surface area contributed by atoms with Gasteiger partial charge in [-0.3, -0.25) is 0 Å². The van der Waals surface area contributed by atoms with E-state index in [4.69, 9.17) is 19.2 Å². The Morgan fingerprint density at radius 1 is 1.12 bits per heavy atom. The molecule has 0 N–H and O–H groups in total. The molecule has 1 saturated heterocycles. The molecule has 0 aliphatic carbocycles. The minimum absolute atomic E-state index is 0.109. The predicted octanol–water partition coefficient (Wildman–Crippen LogP) is 4.37. The molecular formula is C21H24N2O3. The summed E-state index contributed by atoms with van der Waals surface area (Å²) in [6, 6.07) is 16.0. The summed E-state index contributed by atoms with van der Waals surface area (Å²) in [4.78, 5) is 4.84. The van der Waals surface area contributed by atoms with Gasteiger partial charge < -0.3 is 18.8 Å². The summed E-state index contributed by atoms with van der Waals surface area (Å²) >= 11 is 0. The molecular weight excluding hydrogens is 328 g/mol. The number of nitrogens with zero attached hydrogens (tertiary/aromatic N) is 2. The second-order valence-corrected chi connectivity index (χ2v) is 6.46. The molecule has 2 aromatic carbocycles. The van der Waals surface area contributed by atoms with Crippen LogP contribution in [-0.2, 0) is 11.3 Å². The highest BCUT2D eigenvalue weighted by molar-refractivity contribution is 5.76. The predicted molar refractivity (Wildman–Crippen MR) is 101 cm³/mol. The van der Waals surface area contributed by atoms with Crippen LogP contribution in [0.4, 0.5) is 0 Å². The van der Waals surface area contributed by atoms with Crippen molar-refractivity contribution in [3.63, 3.8) is 0 Å². The SMILES string of the molecule is COc1ccccc1OCCCn1c(C2CCCO2)nc2ccccc21. The zero-order chi connectivity index (χ0) is 17.8. The van der Waals surface area contributed by atoms with Crippen LogP contribution in [0.2, 0.25) is 0 Å². The van der Waals surface area contributed by atoms with Crippen LogP contribution >= 0.6 is 0 Å². The van der Waals surface area contributed by atoms with E-state index >= 15 is 0 Å². The van der Waals surface area contributed by atoms with E-state index in [9.17, 15) is 0 Å². The van der Waals surface area contributed by atoms with E-state index in [0.29, 0.717) is 6.61 Å². The van der Waals surface area contributed by atoms with Gasteiger partial charge in [-0.05, 0) is 43.5 Å². The van der Waals surface area contributed by atoms with Crippen molar-refractivity contribution in [3.8, 4) is 11.5 Å². The van der Waals surface area contributed by atoms with Gasteiger partial charge in [-0.25, -0.2) is 4.98 Å². The lowest BCUT2D eigenvalue weighted by atomic mass is 10.2. The van der Waals surface area contributed by atoms with Gasteiger partial charge in [0.25, 0.3) is 0 Å². The Hall–Kier alpha value is -2.53. The molecule has 136 valence electrons. The van der Waals surface area contributed by atoms with Crippen molar-refractivity contribution in [3.05, 3.63) is 54.4 Å². The highest BCUT2D eigenvalue weighted by atomic mass is 16.5. The van der Waals surface area contributed by atoms with Gasteiger partial charge in [0.15, 0.2) is 11.5 Å². The normalized spacial score (nSPS) is 16.9. The maximum Gasteiger partial charge on any atom is 0.161 e. The summed E-state index contributed by atoms with van der Waals surface area (Å²) in [5, 5.41) is 0. The monoisotopic (exact) mass is 352 g/mol. The van der Waals surface area contributed by atoms with E-state index in [-0.39, 0.29) is 6.10 Å². The van der Waals surface area contributed by atoms with E-state index in [1.165, 1.54) is 0 Å². The second-order valence-electron chi connectivity index (χ2n) is 6.46. The van der Waals surface area contributed by atoms with Crippen LogP contribution in [0, 0.1) is 0 Å². The molecule has 1 unspecified atom stereocenters. The number of fused-ring (bicyclic) bond motifs is 1. The van der Waals surface area contributed by atoms with E-state index in [1.807, 2.05) is 30.3 Å². The number of aryl methyl sites for hydroxylation is 1. The molecule has 0 radical (unpaired) electrons. The zero-order valence-corrected chi connectivity index (χ0v) is 15.1. The van der Waals surface area contributed by atoms with Crippen molar-refractivity contribution >= 4 is 11.0 Å².